The molecule has 2 amide bonds. The number of hydrogen-bond acceptors (Lipinski definition) is 6. The van der Waals surface area contributed by atoms with Gasteiger partial charge in [0.2, 0.25) is 5.91 Å². The molecule has 0 aliphatic carbocycles. The van der Waals surface area contributed by atoms with Crippen molar-refractivity contribution >= 4 is 17.6 Å². The van der Waals surface area contributed by atoms with Crippen molar-refractivity contribution in [2.24, 2.45) is 0 Å². The lowest BCUT2D eigenvalue weighted by molar-refractivity contribution is -0.137. The summed E-state index contributed by atoms with van der Waals surface area (Å²) in [6.07, 6.45) is 2.39. The Morgan fingerprint density at radius 1 is 1.25 bits per heavy atom. The van der Waals surface area contributed by atoms with E-state index in [4.69, 9.17) is 4.74 Å². The van der Waals surface area contributed by atoms with Crippen molar-refractivity contribution in [3.63, 3.8) is 0 Å². The molecule has 0 unspecified atom stereocenters. The van der Waals surface area contributed by atoms with Gasteiger partial charge in [0.1, 0.15) is 11.6 Å². The zero-order chi connectivity index (χ0) is 23.3. The van der Waals surface area contributed by atoms with E-state index in [1.54, 1.807) is 30.0 Å². The molecule has 0 saturated carbocycles. The average Bonchev–Trinajstić information content (AvgIpc) is 2.78. The Labute approximate surface area is 185 Å². The summed E-state index contributed by atoms with van der Waals surface area (Å²) in [5.41, 5.74) is 0.652. The molecule has 1 aliphatic rings. The second-order valence-electron chi connectivity index (χ2n) is 7.69. The second kappa shape index (κ2) is 10.3. The first-order valence-corrected chi connectivity index (χ1v) is 10.4. The number of anilines is 1. The van der Waals surface area contributed by atoms with Crippen molar-refractivity contribution in [2.75, 3.05) is 32.6 Å². The fourth-order valence-electron chi connectivity index (χ4n) is 3.54. The van der Waals surface area contributed by atoms with Gasteiger partial charge < -0.3 is 19.9 Å². The monoisotopic (exact) mass is 447 g/mol. The van der Waals surface area contributed by atoms with Crippen LogP contribution in [0.15, 0.2) is 24.3 Å². The molecular formula is C22H27F2N5O3. The second-order valence-corrected chi connectivity index (χ2v) is 7.69. The number of carbonyl (C=O) groups is 2. The van der Waals surface area contributed by atoms with Gasteiger partial charge in [0.05, 0.1) is 18.3 Å². The van der Waals surface area contributed by atoms with Gasteiger partial charge in [-0.05, 0) is 31.4 Å². The highest BCUT2D eigenvalue weighted by Gasteiger charge is 2.31. The number of benzene rings is 1. The zero-order valence-corrected chi connectivity index (χ0v) is 18.4. The number of piperidine rings is 1. The van der Waals surface area contributed by atoms with Crippen LogP contribution in [0, 0.1) is 11.6 Å². The van der Waals surface area contributed by atoms with E-state index < -0.39 is 11.6 Å². The van der Waals surface area contributed by atoms with Gasteiger partial charge in [0.15, 0.2) is 24.0 Å². The lowest BCUT2D eigenvalue weighted by atomic mass is 10.0. The van der Waals surface area contributed by atoms with E-state index in [1.807, 2.05) is 0 Å². The zero-order valence-electron chi connectivity index (χ0n) is 18.4. The quantitative estimate of drug-likeness (QED) is 0.702. The molecule has 3 rings (SSSR count). The first-order valence-electron chi connectivity index (χ1n) is 10.4. The normalized spacial score (nSPS) is 15.9. The molecular weight excluding hydrogens is 420 g/mol. The van der Waals surface area contributed by atoms with Crippen LogP contribution in [0.2, 0.25) is 0 Å². The van der Waals surface area contributed by atoms with E-state index >= 15 is 0 Å². The van der Waals surface area contributed by atoms with E-state index in [0.717, 1.165) is 25.0 Å². The third-order valence-corrected chi connectivity index (χ3v) is 5.36. The summed E-state index contributed by atoms with van der Waals surface area (Å²) < 4.78 is 32.2. The van der Waals surface area contributed by atoms with Gasteiger partial charge in [0, 0.05) is 39.7 Å². The first kappa shape index (κ1) is 23.4. The van der Waals surface area contributed by atoms with Gasteiger partial charge in [-0.15, -0.1) is 0 Å². The van der Waals surface area contributed by atoms with Crippen molar-refractivity contribution < 1.29 is 23.1 Å². The van der Waals surface area contributed by atoms with E-state index in [2.05, 4.69) is 15.3 Å². The molecule has 0 bridgehead atoms. The van der Waals surface area contributed by atoms with Crippen LogP contribution in [0.4, 0.5) is 14.6 Å². The van der Waals surface area contributed by atoms with Gasteiger partial charge >= 0.3 is 0 Å². The molecule has 1 aromatic heterocycles. The van der Waals surface area contributed by atoms with Crippen LogP contribution in [0.5, 0.6) is 5.75 Å². The molecule has 1 aliphatic heterocycles. The van der Waals surface area contributed by atoms with Crippen LogP contribution in [-0.2, 0) is 16.1 Å². The highest BCUT2D eigenvalue weighted by atomic mass is 19.1. The highest BCUT2D eigenvalue weighted by molar-refractivity contribution is 5.78. The average molecular weight is 447 g/mol. The summed E-state index contributed by atoms with van der Waals surface area (Å²) in [6, 6.07) is 4.33. The van der Waals surface area contributed by atoms with E-state index in [1.165, 1.54) is 6.92 Å². The fourth-order valence-corrected chi connectivity index (χ4v) is 3.54. The first-order chi connectivity index (χ1) is 15.3. The molecule has 1 aromatic carbocycles. The number of carbonyl (C=O) groups excluding carboxylic acids is 2. The Balaban J connectivity index is 1.79. The summed E-state index contributed by atoms with van der Waals surface area (Å²) >= 11 is 0. The largest absolute Gasteiger partial charge is 0.481 e. The summed E-state index contributed by atoms with van der Waals surface area (Å²) in [6.45, 7) is 1.90. The molecule has 172 valence electrons. The number of rotatable bonds is 7. The van der Waals surface area contributed by atoms with Crippen LogP contribution in [-0.4, -0.2) is 58.8 Å². The van der Waals surface area contributed by atoms with Crippen molar-refractivity contribution in [1.82, 2.24) is 19.8 Å². The minimum absolute atomic E-state index is 0.0872. The van der Waals surface area contributed by atoms with Gasteiger partial charge in [-0.3, -0.25) is 9.59 Å². The van der Waals surface area contributed by atoms with Gasteiger partial charge in [0.25, 0.3) is 5.91 Å². The fraction of sp³-hybridized carbons (Fsp3) is 0.455. The topological polar surface area (TPSA) is 87.7 Å². The predicted octanol–water partition coefficient (Wildman–Crippen LogP) is 2.91. The molecule has 2 heterocycles. The SMILES string of the molecule is CNc1cc(CN(C)C(C)=O)nc([C@@H]2CCCCN2C(=O)COc2ccc(F)cc2F)n1. The van der Waals surface area contributed by atoms with Crippen LogP contribution in [0.1, 0.15) is 43.7 Å². The van der Waals surface area contributed by atoms with Crippen LogP contribution in [0.3, 0.4) is 0 Å². The summed E-state index contributed by atoms with van der Waals surface area (Å²) in [5, 5.41) is 3.00. The number of nitrogens with one attached hydrogen (secondary N) is 1. The van der Waals surface area contributed by atoms with Crippen molar-refractivity contribution in [1.29, 1.82) is 0 Å². The molecule has 0 radical (unpaired) electrons. The Kier molecular flexibility index (Phi) is 7.55. The number of ether oxygens (including phenoxy) is 1. The van der Waals surface area contributed by atoms with Crippen molar-refractivity contribution in [3.05, 3.63) is 47.4 Å². The maximum Gasteiger partial charge on any atom is 0.261 e. The van der Waals surface area contributed by atoms with E-state index in [9.17, 15) is 18.4 Å². The molecule has 10 heteroatoms. The lowest BCUT2D eigenvalue weighted by Gasteiger charge is -2.35. The van der Waals surface area contributed by atoms with Crippen LogP contribution < -0.4 is 10.1 Å². The molecule has 1 atom stereocenters. The maximum absolute atomic E-state index is 13.8. The molecule has 1 fully saturated rings. The number of halogens is 2. The maximum atomic E-state index is 13.8. The highest BCUT2D eigenvalue weighted by Crippen LogP contribution is 2.30. The van der Waals surface area contributed by atoms with Gasteiger partial charge in [-0.1, -0.05) is 0 Å². The minimum atomic E-state index is -0.864. The molecule has 32 heavy (non-hydrogen) atoms. The van der Waals surface area contributed by atoms with Gasteiger partial charge in [-0.2, -0.15) is 0 Å². The van der Waals surface area contributed by atoms with E-state index in [-0.39, 0.29) is 30.2 Å². The van der Waals surface area contributed by atoms with Gasteiger partial charge in [-0.25, -0.2) is 18.7 Å². The van der Waals surface area contributed by atoms with Crippen LogP contribution >= 0.6 is 0 Å². The molecule has 8 nitrogen and oxygen atoms in total. The third kappa shape index (κ3) is 5.68. The summed E-state index contributed by atoms with van der Waals surface area (Å²) in [4.78, 5) is 36.9. The summed E-state index contributed by atoms with van der Waals surface area (Å²) in [5.74, 6) is -1.12. The molecule has 1 N–H and O–H groups in total. The number of aromatic nitrogens is 2. The molecule has 1 saturated heterocycles. The standard InChI is InChI=1S/C22H27F2N5O3/c1-14(30)28(3)12-16-11-20(25-2)27-22(26-16)18-6-4-5-9-29(18)21(31)13-32-19-8-7-15(23)10-17(19)24/h7-8,10-11,18H,4-6,9,12-13H2,1-3H3,(H,25,26,27)/t18-/m0/s1. The predicted molar refractivity (Wildman–Crippen MR) is 114 cm³/mol. The third-order valence-electron chi connectivity index (χ3n) is 5.36. The Morgan fingerprint density at radius 2 is 2.03 bits per heavy atom. The Bertz CT molecular complexity index is 988. The Morgan fingerprint density at radius 3 is 2.72 bits per heavy atom. The smallest absolute Gasteiger partial charge is 0.261 e. The van der Waals surface area contributed by atoms with Crippen LogP contribution in [0.25, 0.3) is 0 Å². The number of likely N-dealkylation sites (tertiary alicyclic amines) is 1. The summed E-state index contributed by atoms with van der Waals surface area (Å²) in [7, 11) is 3.42. The van der Waals surface area contributed by atoms with Crippen molar-refractivity contribution in [3.8, 4) is 5.75 Å². The Hall–Kier alpha value is -3.30. The van der Waals surface area contributed by atoms with Crippen molar-refractivity contribution in [2.45, 2.75) is 38.8 Å². The number of hydrogen-bond donors (Lipinski definition) is 1. The minimum Gasteiger partial charge on any atom is -0.481 e. The molecule has 2 aromatic rings. The molecule has 0 spiro atoms. The number of amides is 2. The number of nitrogens with zero attached hydrogens (tertiary/aromatic N) is 4. The van der Waals surface area contributed by atoms with E-state index in [0.29, 0.717) is 42.9 Å². The lowest BCUT2D eigenvalue weighted by Crippen LogP contribution is -2.42.